The SMILES string of the molecule is CC#CC(=O)NC1CCCN(c2nccc3[nH]c(=O)[nH]c23)C1. The Balaban J connectivity index is 1.82. The molecule has 2 aromatic rings. The van der Waals surface area contributed by atoms with Crippen molar-refractivity contribution in [1.29, 1.82) is 0 Å². The fourth-order valence-electron chi connectivity index (χ4n) is 2.81. The molecule has 1 saturated heterocycles. The second-order valence-corrected chi connectivity index (χ2v) is 5.27. The van der Waals surface area contributed by atoms with Gasteiger partial charge in [-0.3, -0.25) is 4.79 Å². The quantitative estimate of drug-likeness (QED) is 0.698. The van der Waals surface area contributed by atoms with Crippen LogP contribution in [0.5, 0.6) is 0 Å². The number of rotatable bonds is 2. The number of anilines is 1. The molecule has 3 heterocycles. The van der Waals surface area contributed by atoms with Gasteiger partial charge in [-0.25, -0.2) is 9.78 Å². The van der Waals surface area contributed by atoms with Crippen molar-refractivity contribution in [3.8, 4) is 11.8 Å². The van der Waals surface area contributed by atoms with Crippen LogP contribution in [0, 0.1) is 11.8 Å². The summed E-state index contributed by atoms with van der Waals surface area (Å²) in [6, 6.07) is 1.79. The lowest BCUT2D eigenvalue weighted by molar-refractivity contribution is -0.116. The van der Waals surface area contributed by atoms with Gasteiger partial charge in [0.05, 0.1) is 5.52 Å². The van der Waals surface area contributed by atoms with E-state index in [-0.39, 0.29) is 17.6 Å². The van der Waals surface area contributed by atoms with Crippen molar-refractivity contribution in [3.05, 3.63) is 22.7 Å². The van der Waals surface area contributed by atoms with Gasteiger partial charge in [0.1, 0.15) is 5.52 Å². The molecule has 0 spiro atoms. The number of aromatic nitrogens is 3. The van der Waals surface area contributed by atoms with Gasteiger partial charge in [0.25, 0.3) is 5.91 Å². The first-order chi connectivity index (χ1) is 10.7. The highest BCUT2D eigenvalue weighted by Crippen LogP contribution is 2.23. The Hall–Kier alpha value is -2.75. The lowest BCUT2D eigenvalue weighted by Crippen LogP contribution is -2.47. The molecular weight excluding hydrogens is 282 g/mol. The van der Waals surface area contributed by atoms with Gasteiger partial charge in [-0.1, -0.05) is 5.92 Å². The number of fused-ring (bicyclic) bond motifs is 1. The van der Waals surface area contributed by atoms with Crippen LogP contribution in [0.1, 0.15) is 19.8 Å². The van der Waals surface area contributed by atoms with Crippen molar-refractivity contribution in [2.24, 2.45) is 0 Å². The van der Waals surface area contributed by atoms with Gasteiger partial charge in [-0.15, -0.1) is 0 Å². The van der Waals surface area contributed by atoms with Crippen molar-refractivity contribution in [2.45, 2.75) is 25.8 Å². The number of nitrogens with zero attached hydrogens (tertiary/aromatic N) is 2. The van der Waals surface area contributed by atoms with E-state index in [1.54, 1.807) is 19.2 Å². The third kappa shape index (κ3) is 2.81. The zero-order chi connectivity index (χ0) is 15.5. The van der Waals surface area contributed by atoms with Crippen molar-refractivity contribution in [3.63, 3.8) is 0 Å². The molecular formula is C15H17N5O2. The zero-order valence-electron chi connectivity index (χ0n) is 12.3. The third-order valence-corrected chi connectivity index (χ3v) is 3.71. The Morgan fingerprint density at radius 3 is 3.18 bits per heavy atom. The number of carbonyl (C=O) groups excluding carboxylic acids is 1. The normalized spacial score (nSPS) is 17.9. The molecule has 2 aromatic heterocycles. The van der Waals surface area contributed by atoms with Crippen molar-refractivity contribution in [1.82, 2.24) is 20.3 Å². The van der Waals surface area contributed by atoms with E-state index < -0.39 is 0 Å². The van der Waals surface area contributed by atoms with E-state index in [0.717, 1.165) is 30.7 Å². The second kappa shape index (κ2) is 5.93. The van der Waals surface area contributed by atoms with Crippen LogP contribution in [0.4, 0.5) is 5.82 Å². The Kier molecular flexibility index (Phi) is 3.83. The Bertz CT molecular complexity index is 810. The maximum atomic E-state index is 11.6. The molecule has 1 fully saturated rings. The summed E-state index contributed by atoms with van der Waals surface area (Å²) in [4.78, 5) is 35.1. The van der Waals surface area contributed by atoms with Crippen LogP contribution in [-0.4, -0.2) is 40.0 Å². The van der Waals surface area contributed by atoms with Crippen LogP contribution >= 0.6 is 0 Å². The molecule has 114 valence electrons. The highest BCUT2D eigenvalue weighted by Gasteiger charge is 2.23. The first kappa shape index (κ1) is 14.2. The van der Waals surface area contributed by atoms with E-state index in [2.05, 4.69) is 37.0 Å². The van der Waals surface area contributed by atoms with Crippen molar-refractivity contribution in [2.75, 3.05) is 18.0 Å². The maximum Gasteiger partial charge on any atom is 0.323 e. The standard InChI is InChI=1S/C15H17N5O2/c1-2-4-12(21)17-10-5-3-8-20(9-10)14-13-11(6-7-16-14)18-15(22)19-13/h6-7,10H,3,5,8-9H2,1H3,(H,17,21)(H2,18,19,22). The molecule has 1 amide bonds. The monoisotopic (exact) mass is 299 g/mol. The number of imidazole rings is 1. The van der Waals surface area contributed by atoms with Crippen LogP contribution < -0.4 is 15.9 Å². The largest absolute Gasteiger partial charge is 0.353 e. The van der Waals surface area contributed by atoms with Crippen LogP contribution in [0.2, 0.25) is 0 Å². The van der Waals surface area contributed by atoms with E-state index in [4.69, 9.17) is 0 Å². The number of nitrogens with one attached hydrogen (secondary N) is 3. The lowest BCUT2D eigenvalue weighted by atomic mass is 10.1. The number of amides is 1. The van der Waals surface area contributed by atoms with Gasteiger partial charge in [0.2, 0.25) is 0 Å². The average Bonchev–Trinajstić information content (AvgIpc) is 2.87. The molecule has 1 unspecified atom stereocenters. The predicted octanol–water partition coefficient (Wildman–Crippen LogP) is 0.360. The van der Waals surface area contributed by atoms with E-state index in [1.807, 2.05) is 0 Å². The number of aromatic amines is 2. The number of hydrogen-bond acceptors (Lipinski definition) is 4. The first-order valence-electron chi connectivity index (χ1n) is 7.22. The summed E-state index contributed by atoms with van der Waals surface area (Å²) >= 11 is 0. The minimum atomic E-state index is -0.254. The second-order valence-electron chi connectivity index (χ2n) is 5.27. The molecule has 0 saturated carbocycles. The molecule has 3 N–H and O–H groups in total. The average molecular weight is 299 g/mol. The fraction of sp³-hybridized carbons (Fsp3) is 0.400. The molecule has 0 aromatic carbocycles. The molecule has 22 heavy (non-hydrogen) atoms. The summed E-state index contributed by atoms with van der Waals surface area (Å²) in [6.07, 6.45) is 3.52. The van der Waals surface area contributed by atoms with E-state index >= 15 is 0 Å². The summed E-state index contributed by atoms with van der Waals surface area (Å²) in [5.74, 6) is 5.57. The number of pyridine rings is 1. The fourth-order valence-corrected chi connectivity index (χ4v) is 2.81. The van der Waals surface area contributed by atoms with E-state index in [1.165, 1.54) is 0 Å². The topological polar surface area (TPSA) is 93.9 Å². The molecule has 7 heteroatoms. The summed E-state index contributed by atoms with van der Waals surface area (Å²) in [7, 11) is 0. The molecule has 1 aliphatic heterocycles. The van der Waals surface area contributed by atoms with E-state index in [0.29, 0.717) is 12.1 Å². The van der Waals surface area contributed by atoms with Crippen LogP contribution in [-0.2, 0) is 4.79 Å². The first-order valence-corrected chi connectivity index (χ1v) is 7.22. The zero-order valence-corrected chi connectivity index (χ0v) is 12.3. The van der Waals surface area contributed by atoms with Crippen LogP contribution in [0.3, 0.4) is 0 Å². The van der Waals surface area contributed by atoms with Gasteiger partial charge in [-0.05, 0) is 31.8 Å². The van der Waals surface area contributed by atoms with Crippen LogP contribution in [0.15, 0.2) is 17.1 Å². The number of carbonyl (C=O) groups is 1. The van der Waals surface area contributed by atoms with Gasteiger partial charge in [0, 0.05) is 25.3 Å². The van der Waals surface area contributed by atoms with Gasteiger partial charge in [-0.2, -0.15) is 0 Å². The predicted molar refractivity (Wildman–Crippen MR) is 83.5 cm³/mol. The maximum absolute atomic E-state index is 11.6. The highest BCUT2D eigenvalue weighted by molar-refractivity contribution is 5.93. The van der Waals surface area contributed by atoms with Gasteiger partial charge >= 0.3 is 5.69 Å². The number of hydrogen-bond donors (Lipinski definition) is 3. The Morgan fingerprint density at radius 1 is 1.50 bits per heavy atom. The minimum Gasteiger partial charge on any atom is -0.353 e. The minimum absolute atomic E-state index is 0.0322. The lowest BCUT2D eigenvalue weighted by Gasteiger charge is -2.33. The van der Waals surface area contributed by atoms with Gasteiger partial charge in [0.15, 0.2) is 5.82 Å². The number of H-pyrrole nitrogens is 2. The van der Waals surface area contributed by atoms with E-state index in [9.17, 15) is 9.59 Å². The molecule has 0 radical (unpaired) electrons. The molecule has 1 atom stereocenters. The smallest absolute Gasteiger partial charge is 0.323 e. The summed E-state index contributed by atoms with van der Waals surface area (Å²) in [5.41, 5.74) is 1.19. The Morgan fingerprint density at radius 2 is 2.36 bits per heavy atom. The third-order valence-electron chi connectivity index (χ3n) is 3.71. The molecule has 1 aliphatic rings. The molecule has 7 nitrogen and oxygen atoms in total. The summed E-state index contributed by atoms with van der Waals surface area (Å²) in [5, 5.41) is 2.91. The van der Waals surface area contributed by atoms with Crippen molar-refractivity contribution < 1.29 is 4.79 Å². The molecule has 0 aliphatic carbocycles. The Labute approximate surface area is 127 Å². The summed E-state index contributed by atoms with van der Waals surface area (Å²) in [6.45, 7) is 3.13. The van der Waals surface area contributed by atoms with Gasteiger partial charge < -0.3 is 20.2 Å². The molecule has 3 rings (SSSR count). The highest BCUT2D eigenvalue weighted by atomic mass is 16.1. The van der Waals surface area contributed by atoms with Crippen LogP contribution in [0.25, 0.3) is 11.0 Å². The number of piperidine rings is 1. The summed E-state index contributed by atoms with van der Waals surface area (Å²) < 4.78 is 0. The molecule has 0 bridgehead atoms. The van der Waals surface area contributed by atoms with Crippen molar-refractivity contribution >= 4 is 22.8 Å².